The third-order valence-electron chi connectivity index (χ3n) is 6.43. The van der Waals surface area contributed by atoms with Crippen LogP contribution in [0.1, 0.15) is 38.5 Å². The number of hydrogen-bond acceptors (Lipinski definition) is 3. The summed E-state index contributed by atoms with van der Waals surface area (Å²) in [7, 11) is 0. The summed E-state index contributed by atoms with van der Waals surface area (Å²) in [4.78, 5) is 24.3. The van der Waals surface area contributed by atoms with Crippen molar-refractivity contribution in [1.29, 1.82) is 0 Å². The second-order valence-electron chi connectivity index (χ2n) is 8.36. The Morgan fingerprint density at radius 2 is 1.65 bits per heavy atom. The van der Waals surface area contributed by atoms with Gasteiger partial charge in [-0.1, -0.05) is 0 Å². The van der Waals surface area contributed by atoms with Crippen molar-refractivity contribution < 1.29 is 23.8 Å². The summed E-state index contributed by atoms with van der Waals surface area (Å²) in [6, 6.07) is 4.53. The SMILES string of the molecule is O=C(COc1ccc(F)cc1)N[C@@H](C(=O)O)C12CC3CC(CC(C3)C1)C2. The summed E-state index contributed by atoms with van der Waals surface area (Å²) in [6.45, 7) is -0.276. The quantitative estimate of drug-likeness (QED) is 0.817. The van der Waals surface area contributed by atoms with Gasteiger partial charge < -0.3 is 15.2 Å². The Hall–Kier alpha value is -2.11. The maximum atomic E-state index is 12.9. The van der Waals surface area contributed by atoms with Crippen LogP contribution in [0.15, 0.2) is 24.3 Å². The Morgan fingerprint density at radius 1 is 1.12 bits per heavy atom. The first-order chi connectivity index (χ1) is 12.4. The monoisotopic (exact) mass is 361 g/mol. The number of amides is 1. The fraction of sp³-hybridized carbons (Fsp3) is 0.600. The van der Waals surface area contributed by atoms with E-state index in [0.717, 1.165) is 19.3 Å². The smallest absolute Gasteiger partial charge is 0.326 e. The Kier molecular flexibility index (Phi) is 4.37. The van der Waals surface area contributed by atoms with E-state index in [1.165, 1.54) is 43.5 Å². The van der Waals surface area contributed by atoms with Gasteiger partial charge >= 0.3 is 5.97 Å². The zero-order valence-corrected chi connectivity index (χ0v) is 14.6. The summed E-state index contributed by atoms with van der Waals surface area (Å²) in [6.07, 6.45) is 6.34. The molecule has 1 atom stereocenters. The molecule has 5 nitrogen and oxygen atoms in total. The van der Waals surface area contributed by atoms with Crippen molar-refractivity contribution in [2.45, 2.75) is 44.6 Å². The number of nitrogens with one attached hydrogen (secondary N) is 1. The summed E-state index contributed by atoms with van der Waals surface area (Å²) in [5, 5.41) is 12.5. The molecule has 0 spiro atoms. The van der Waals surface area contributed by atoms with Crippen molar-refractivity contribution in [3.63, 3.8) is 0 Å². The van der Waals surface area contributed by atoms with Gasteiger partial charge in [-0.2, -0.15) is 0 Å². The van der Waals surface area contributed by atoms with E-state index in [1.54, 1.807) is 0 Å². The van der Waals surface area contributed by atoms with Crippen molar-refractivity contribution >= 4 is 11.9 Å². The normalized spacial score (nSPS) is 32.9. The highest BCUT2D eigenvalue weighted by Crippen LogP contribution is 2.61. The van der Waals surface area contributed by atoms with Gasteiger partial charge in [0.25, 0.3) is 5.91 Å². The Balaban J connectivity index is 1.41. The summed E-state index contributed by atoms with van der Waals surface area (Å²) in [5.74, 6) is 0.416. The van der Waals surface area contributed by atoms with E-state index >= 15 is 0 Å². The van der Waals surface area contributed by atoms with Crippen LogP contribution >= 0.6 is 0 Å². The van der Waals surface area contributed by atoms with Crippen LogP contribution in [0.25, 0.3) is 0 Å². The molecule has 0 heterocycles. The molecule has 4 aliphatic carbocycles. The van der Waals surface area contributed by atoms with Crippen LogP contribution in [0.3, 0.4) is 0 Å². The van der Waals surface area contributed by atoms with E-state index in [9.17, 15) is 19.1 Å². The highest BCUT2D eigenvalue weighted by atomic mass is 19.1. The van der Waals surface area contributed by atoms with Crippen LogP contribution in [0.5, 0.6) is 5.75 Å². The highest BCUT2D eigenvalue weighted by Gasteiger charge is 2.56. The zero-order valence-electron chi connectivity index (χ0n) is 14.6. The molecule has 1 amide bonds. The lowest BCUT2D eigenvalue weighted by Gasteiger charge is -2.58. The fourth-order valence-electron chi connectivity index (χ4n) is 5.89. The molecule has 1 aromatic carbocycles. The molecule has 4 fully saturated rings. The molecule has 140 valence electrons. The van der Waals surface area contributed by atoms with Crippen molar-refractivity contribution in [2.24, 2.45) is 23.2 Å². The van der Waals surface area contributed by atoms with E-state index in [2.05, 4.69) is 5.32 Å². The van der Waals surface area contributed by atoms with Crippen molar-refractivity contribution in [1.82, 2.24) is 5.32 Å². The molecule has 26 heavy (non-hydrogen) atoms. The molecule has 4 aliphatic rings. The number of carboxylic acids is 1. The predicted octanol–water partition coefficient (Wildman–Crippen LogP) is 2.99. The third-order valence-corrected chi connectivity index (χ3v) is 6.43. The van der Waals surface area contributed by atoms with Crippen LogP contribution in [0, 0.1) is 29.0 Å². The lowest BCUT2D eigenvalue weighted by molar-refractivity contribution is -0.154. The molecular formula is C20H24FNO4. The lowest BCUT2D eigenvalue weighted by Crippen LogP contribution is -2.60. The number of hydrogen-bond donors (Lipinski definition) is 2. The van der Waals surface area contributed by atoms with E-state index in [0.29, 0.717) is 23.5 Å². The summed E-state index contributed by atoms with van der Waals surface area (Å²) >= 11 is 0. The standard InChI is InChI=1S/C20H24FNO4/c21-15-1-3-16(4-2-15)26-11-17(23)22-18(19(24)25)20-8-12-5-13(9-20)7-14(6-12)10-20/h1-4,12-14,18H,5-11H2,(H,22,23)(H,24,25)/t12?,13?,14?,18-,20?/m0/s1. The number of carboxylic acid groups (broad SMARTS) is 1. The van der Waals surface area contributed by atoms with Gasteiger partial charge in [-0.05, 0) is 80.5 Å². The van der Waals surface area contributed by atoms with Gasteiger partial charge in [0.2, 0.25) is 0 Å². The molecule has 0 radical (unpaired) electrons. The first-order valence-corrected chi connectivity index (χ1v) is 9.34. The molecule has 0 saturated heterocycles. The van der Waals surface area contributed by atoms with Gasteiger partial charge in [-0.15, -0.1) is 0 Å². The molecule has 0 aromatic heterocycles. The molecule has 1 aromatic rings. The van der Waals surface area contributed by atoms with Crippen LogP contribution in [0.4, 0.5) is 4.39 Å². The molecule has 6 heteroatoms. The van der Waals surface area contributed by atoms with Crippen molar-refractivity contribution in [3.8, 4) is 5.75 Å². The average Bonchev–Trinajstić information content (AvgIpc) is 2.57. The minimum atomic E-state index is -0.956. The number of aliphatic carboxylic acids is 1. The Labute approximate surface area is 151 Å². The molecular weight excluding hydrogens is 337 g/mol. The van der Waals surface area contributed by atoms with Gasteiger partial charge in [0.05, 0.1) is 0 Å². The van der Waals surface area contributed by atoms with Gasteiger partial charge in [0.1, 0.15) is 17.6 Å². The van der Waals surface area contributed by atoms with Gasteiger partial charge in [-0.3, -0.25) is 4.79 Å². The third kappa shape index (κ3) is 3.29. The first-order valence-electron chi connectivity index (χ1n) is 9.34. The second kappa shape index (κ2) is 6.56. The highest BCUT2D eigenvalue weighted by molar-refractivity contribution is 5.85. The minimum absolute atomic E-state index is 0.276. The molecule has 0 unspecified atom stereocenters. The number of rotatable bonds is 6. The topological polar surface area (TPSA) is 75.6 Å². The largest absolute Gasteiger partial charge is 0.484 e. The number of carbonyl (C=O) groups is 2. The van der Waals surface area contributed by atoms with Crippen molar-refractivity contribution in [2.75, 3.05) is 6.61 Å². The number of benzene rings is 1. The maximum absolute atomic E-state index is 12.9. The van der Waals surface area contributed by atoms with Gasteiger partial charge in [-0.25, -0.2) is 9.18 Å². The average molecular weight is 361 g/mol. The van der Waals surface area contributed by atoms with E-state index in [-0.39, 0.29) is 17.8 Å². The molecule has 2 N–H and O–H groups in total. The Morgan fingerprint density at radius 3 is 2.15 bits per heavy atom. The van der Waals surface area contributed by atoms with Gasteiger partial charge in [0, 0.05) is 5.41 Å². The number of ether oxygens (including phenoxy) is 1. The second-order valence-corrected chi connectivity index (χ2v) is 8.36. The fourth-order valence-corrected chi connectivity index (χ4v) is 5.89. The molecule has 4 bridgehead atoms. The molecule has 0 aliphatic heterocycles. The summed E-state index contributed by atoms with van der Waals surface area (Å²) in [5.41, 5.74) is -0.313. The van der Waals surface area contributed by atoms with Crippen LogP contribution in [0.2, 0.25) is 0 Å². The van der Waals surface area contributed by atoms with Crippen molar-refractivity contribution in [3.05, 3.63) is 30.1 Å². The zero-order chi connectivity index (χ0) is 18.3. The van der Waals surface area contributed by atoms with Crippen LogP contribution in [-0.4, -0.2) is 29.6 Å². The van der Waals surface area contributed by atoms with Crippen LogP contribution in [-0.2, 0) is 9.59 Å². The minimum Gasteiger partial charge on any atom is -0.484 e. The lowest BCUT2D eigenvalue weighted by atomic mass is 9.47. The van der Waals surface area contributed by atoms with E-state index in [1.807, 2.05) is 0 Å². The van der Waals surface area contributed by atoms with Crippen LogP contribution < -0.4 is 10.1 Å². The number of carbonyl (C=O) groups excluding carboxylic acids is 1. The molecule has 5 rings (SSSR count). The molecule has 4 saturated carbocycles. The maximum Gasteiger partial charge on any atom is 0.326 e. The van der Waals surface area contributed by atoms with E-state index < -0.39 is 17.9 Å². The first kappa shape index (κ1) is 17.3. The Bertz CT molecular complexity index is 667. The summed E-state index contributed by atoms with van der Waals surface area (Å²) < 4.78 is 18.3. The number of halogens is 1. The van der Waals surface area contributed by atoms with E-state index in [4.69, 9.17) is 4.74 Å². The predicted molar refractivity (Wildman–Crippen MR) is 92.1 cm³/mol. The van der Waals surface area contributed by atoms with Gasteiger partial charge in [0.15, 0.2) is 6.61 Å².